The molecule has 5 heteroatoms. The van der Waals surface area contributed by atoms with Crippen molar-refractivity contribution in [2.75, 3.05) is 20.0 Å². The topological polar surface area (TPSA) is 57.4 Å². The molecule has 1 heterocycles. The van der Waals surface area contributed by atoms with Crippen LogP contribution in [0.2, 0.25) is 0 Å². The molecule has 0 aliphatic heterocycles. The minimum Gasteiger partial charge on any atom is -0.493 e. The summed E-state index contributed by atoms with van der Waals surface area (Å²) in [6.45, 7) is 0. The number of benzene rings is 2. The summed E-state index contributed by atoms with van der Waals surface area (Å²) >= 11 is 0. The number of ether oxygens (including phenoxy) is 2. The zero-order valence-corrected chi connectivity index (χ0v) is 13.4. The van der Waals surface area contributed by atoms with Gasteiger partial charge in [-0.05, 0) is 42.0 Å². The van der Waals surface area contributed by atoms with Crippen LogP contribution in [0.5, 0.6) is 11.5 Å². The summed E-state index contributed by atoms with van der Waals surface area (Å²) in [5.74, 6) is 0.898. The van der Waals surface area contributed by atoms with Gasteiger partial charge in [0.1, 0.15) is 5.82 Å². The lowest BCUT2D eigenvalue weighted by Crippen LogP contribution is -1.92. The molecule has 0 bridgehead atoms. The van der Waals surface area contributed by atoms with Gasteiger partial charge >= 0.3 is 0 Å². The number of halogens is 1. The van der Waals surface area contributed by atoms with E-state index in [-0.39, 0.29) is 5.82 Å². The molecule has 0 saturated carbocycles. The highest BCUT2D eigenvalue weighted by Gasteiger charge is 2.10. The van der Waals surface area contributed by atoms with Crippen molar-refractivity contribution in [3.63, 3.8) is 0 Å². The molecule has 3 rings (SSSR count). The minimum absolute atomic E-state index is 0.374. The molecule has 0 amide bonds. The molecule has 122 valence electrons. The van der Waals surface area contributed by atoms with Crippen LogP contribution in [0.15, 0.2) is 54.9 Å². The maximum absolute atomic E-state index is 14.1. The van der Waals surface area contributed by atoms with E-state index in [9.17, 15) is 4.39 Å². The lowest BCUT2D eigenvalue weighted by Gasteiger charge is -2.11. The number of methoxy groups -OCH3 is 2. The molecule has 24 heavy (non-hydrogen) atoms. The third kappa shape index (κ3) is 3.01. The molecule has 0 aliphatic carbocycles. The lowest BCUT2D eigenvalue weighted by molar-refractivity contribution is 0.355. The zero-order valence-electron chi connectivity index (χ0n) is 13.4. The van der Waals surface area contributed by atoms with Crippen molar-refractivity contribution in [1.29, 1.82) is 0 Å². The van der Waals surface area contributed by atoms with Crippen LogP contribution in [0, 0.1) is 5.82 Å². The van der Waals surface area contributed by atoms with Crippen molar-refractivity contribution in [2.45, 2.75) is 0 Å². The summed E-state index contributed by atoms with van der Waals surface area (Å²) in [6.07, 6.45) is 3.35. The molecule has 0 fully saturated rings. The molecule has 0 atom stereocenters. The van der Waals surface area contributed by atoms with Gasteiger partial charge in [0.15, 0.2) is 11.5 Å². The average molecular weight is 324 g/mol. The van der Waals surface area contributed by atoms with Gasteiger partial charge in [-0.25, -0.2) is 4.39 Å². The van der Waals surface area contributed by atoms with Crippen LogP contribution < -0.4 is 15.2 Å². The second-order valence-corrected chi connectivity index (χ2v) is 5.27. The van der Waals surface area contributed by atoms with E-state index < -0.39 is 0 Å². The molecule has 3 aromatic rings. The summed E-state index contributed by atoms with van der Waals surface area (Å²) in [4.78, 5) is 4.23. The third-order valence-corrected chi connectivity index (χ3v) is 3.76. The Balaban J connectivity index is 2.05. The fourth-order valence-corrected chi connectivity index (χ4v) is 2.53. The van der Waals surface area contributed by atoms with E-state index in [2.05, 4.69) is 4.98 Å². The first-order valence-corrected chi connectivity index (χ1v) is 7.35. The fourth-order valence-electron chi connectivity index (χ4n) is 2.53. The highest BCUT2D eigenvalue weighted by molar-refractivity contribution is 5.74. The quantitative estimate of drug-likeness (QED) is 0.732. The van der Waals surface area contributed by atoms with E-state index in [0.29, 0.717) is 28.3 Å². The van der Waals surface area contributed by atoms with E-state index in [1.54, 1.807) is 38.7 Å². The molecule has 0 radical (unpaired) electrons. The Labute approximate surface area is 139 Å². The largest absolute Gasteiger partial charge is 0.493 e. The molecular formula is C19H17FN2O2. The van der Waals surface area contributed by atoms with Crippen molar-refractivity contribution in [3.05, 3.63) is 60.7 Å². The number of aromatic nitrogens is 1. The lowest BCUT2D eigenvalue weighted by atomic mass is 10.0. The predicted molar refractivity (Wildman–Crippen MR) is 92.6 cm³/mol. The van der Waals surface area contributed by atoms with E-state index >= 15 is 0 Å². The van der Waals surface area contributed by atoms with Crippen LogP contribution in [0.3, 0.4) is 0 Å². The predicted octanol–water partition coefficient (Wildman–Crippen LogP) is 4.15. The molecule has 2 aromatic carbocycles. The van der Waals surface area contributed by atoms with Crippen molar-refractivity contribution in [3.8, 4) is 33.8 Å². The summed E-state index contributed by atoms with van der Waals surface area (Å²) in [5.41, 5.74) is 8.88. The van der Waals surface area contributed by atoms with E-state index in [1.165, 1.54) is 6.07 Å². The average Bonchev–Trinajstić information content (AvgIpc) is 2.61. The van der Waals surface area contributed by atoms with Gasteiger partial charge in [-0.2, -0.15) is 0 Å². The van der Waals surface area contributed by atoms with E-state index in [1.807, 2.05) is 24.3 Å². The smallest absolute Gasteiger partial charge is 0.161 e. The van der Waals surface area contributed by atoms with E-state index in [4.69, 9.17) is 15.2 Å². The second-order valence-electron chi connectivity index (χ2n) is 5.27. The van der Waals surface area contributed by atoms with Crippen molar-refractivity contribution < 1.29 is 13.9 Å². The third-order valence-electron chi connectivity index (χ3n) is 3.76. The first-order valence-electron chi connectivity index (χ1n) is 7.35. The van der Waals surface area contributed by atoms with Crippen LogP contribution in [0.25, 0.3) is 22.3 Å². The van der Waals surface area contributed by atoms with Crippen molar-refractivity contribution in [2.24, 2.45) is 0 Å². The number of nitrogens with two attached hydrogens (primary N) is 1. The van der Waals surface area contributed by atoms with Gasteiger partial charge in [0.05, 0.1) is 14.2 Å². The molecule has 0 aliphatic rings. The molecular weight excluding hydrogens is 307 g/mol. The molecule has 4 nitrogen and oxygen atoms in total. The number of nitrogen functional groups attached to an aromatic ring is 1. The minimum atomic E-state index is -0.374. The Morgan fingerprint density at radius 2 is 1.58 bits per heavy atom. The van der Waals surface area contributed by atoms with Crippen LogP contribution in [-0.2, 0) is 0 Å². The maximum atomic E-state index is 14.1. The Kier molecular flexibility index (Phi) is 4.33. The van der Waals surface area contributed by atoms with Gasteiger partial charge in [-0.1, -0.05) is 6.07 Å². The Bertz CT molecular complexity index is 881. The van der Waals surface area contributed by atoms with Crippen LogP contribution in [0.1, 0.15) is 0 Å². The Morgan fingerprint density at radius 3 is 2.29 bits per heavy atom. The first kappa shape index (κ1) is 15.8. The first-order chi connectivity index (χ1) is 11.6. The molecule has 0 spiro atoms. The normalized spacial score (nSPS) is 10.5. The molecule has 1 aromatic heterocycles. The molecule has 0 unspecified atom stereocenters. The monoisotopic (exact) mass is 324 g/mol. The number of anilines is 1. The number of hydrogen-bond acceptors (Lipinski definition) is 4. The number of pyridine rings is 1. The number of nitrogens with zero attached hydrogens (tertiary/aromatic N) is 1. The summed E-state index contributed by atoms with van der Waals surface area (Å²) in [6, 6.07) is 12.1. The number of hydrogen-bond donors (Lipinski definition) is 1. The summed E-state index contributed by atoms with van der Waals surface area (Å²) in [5, 5.41) is 0. The highest BCUT2D eigenvalue weighted by Crippen LogP contribution is 2.33. The van der Waals surface area contributed by atoms with Gasteiger partial charge in [-0.3, -0.25) is 4.98 Å². The van der Waals surface area contributed by atoms with Gasteiger partial charge in [-0.15, -0.1) is 0 Å². The van der Waals surface area contributed by atoms with E-state index in [0.717, 1.165) is 11.1 Å². The van der Waals surface area contributed by atoms with Crippen LogP contribution in [-0.4, -0.2) is 19.2 Å². The highest BCUT2D eigenvalue weighted by atomic mass is 19.1. The van der Waals surface area contributed by atoms with Crippen molar-refractivity contribution >= 4 is 5.69 Å². The number of rotatable bonds is 4. The van der Waals surface area contributed by atoms with Gasteiger partial charge in [0.25, 0.3) is 0 Å². The second kappa shape index (κ2) is 6.58. The van der Waals surface area contributed by atoms with Gasteiger partial charge in [0, 0.05) is 34.8 Å². The van der Waals surface area contributed by atoms with Crippen LogP contribution in [0.4, 0.5) is 10.1 Å². The SMILES string of the molecule is COc1ccc(-c2cncc(-c3ccc(N)cc3F)c2)cc1OC. The van der Waals surface area contributed by atoms with Gasteiger partial charge < -0.3 is 15.2 Å². The molecule has 2 N–H and O–H groups in total. The maximum Gasteiger partial charge on any atom is 0.161 e. The fraction of sp³-hybridized carbons (Fsp3) is 0.105. The van der Waals surface area contributed by atoms with Crippen LogP contribution >= 0.6 is 0 Å². The summed E-state index contributed by atoms with van der Waals surface area (Å²) in [7, 11) is 3.17. The zero-order chi connectivity index (χ0) is 17.1. The van der Waals surface area contributed by atoms with Gasteiger partial charge in [0.2, 0.25) is 0 Å². The standard InChI is InChI=1S/C19H17FN2O2/c1-23-18-6-3-12(8-19(18)24-2)13-7-14(11-22-10-13)16-5-4-15(21)9-17(16)20/h3-11H,21H2,1-2H3. The Hall–Kier alpha value is -3.08. The van der Waals surface area contributed by atoms with Crippen molar-refractivity contribution in [1.82, 2.24) is 4.98 Å². The Morgan fingerprint density at radius 1 is 0.833 bits per heavy atom. The molecule has 0 saturated heterocycles. The summed E-state index contributed by atoms with van der Waals surface area (Å²) < 4.78 is 24.7.